The van der Waals surface area contributed by atoms with Crippen LogP contribution in [0.1, 0.15) is 23.0 Å². The summed E-state index contributed by atoms with van der Waals surface area (Å²) < 4.78 is 13.0. The number of carbonyl (C=O) groups is 1. The molecule has 0 bridgehead atoms. The first kappa shape index (κ1) is 13.0. The van der Waals surface area contributed by atoms with Gasteiger partial charge in [0, 0.05) is 12.2 Å². The van der Waals surface area contributed by atoms with E-state index in [1.54, 1.807) is 6.26 Å². The van der Waals surface area contributed by atoms with Gasteiger partial charge in [-0.3, -0.25) is 0 Å². The molecule has 0 saturated heterocycles. The second-order valence-electron chi connectivity index (χ2n) is 3.84. The van der Waals surface area contributed by atoms with Gasteiger partial charge in [-0.1, -0.05) is 0 Å². The number of ether oxygens (including phenoxy) is 1. The predicted octanol–water partition coefficient (Wildman–Crippen LogP) is 3.63. The number of hydrogen-bond donors (Lipinski definition) is 0. The van der Waals surface area contributed by atoms with E-state index in [1.807, 2.05) is 30.5 Å². The summed E-state index contributed by atoms with van der Waals surface area (Å²) in [5.41, 5.74) is 2.27. The molecule has 96 valence electrons. The zero-order valence-corrected chi connectivity index (χ0v) is 12.1. The first-order valence-electron chi connectivity index (χ1n) is 5.62. The maximum Gasteiger partial charge on any atom is 0.340 e. The van der Waals surface area contributed by atoms with Crippen molar-refractivity contribution < 1.29 is 13.9 Å². The van der Waals surface area contributed by atoms with E-state index in [4.69, 9.17) is 9.15 Å². The van der Waals surface area contributed by atoms with Gasteiger partial charge in [-0.05, 0) is 41.9 Å². The van der Waals surface area contributed by atoms with Crippen molar-refractivity contribution in [2.75, 3.05) is 7.11 Å². The predicted molar refractivity (Wildman–Crippen MR) is 71.6 cm³/mol. The maximum atomic E-state index is 11.8. The summed E-state index contributed by atoms with van der Waals surface area (Å²) in [7, 11) is 1.38. The smallest absolute Gasteiger partial charge is 0.340 e. The Morgan fingerprint density at radius 3 is 2.78 bits per heavy atom. The fraction of sp³-hybridized carbons (Fsp3) is 0.308. The molecule has 5 heteroatoms. The van der Waals surface area contributed by atoms with E-state index in [2.05, 4.69) is 15.9 Å². The number of methoxy groups -OCH3 is 1. The zero-order valence-electron chi connectivity index (χ0n) is 10.5. The molecule has 0 aliphatic heterocycles. The minimum atomic E-state index is -0.348. The van der Waals surface area contributed by atoms with E-state index in [0.717, 1.165) is 23.7 Å². The number of furan rings is 1. The molecular weight excluding hydrogens is 298 g/mol. The highest BCUT2D eigenvalue weighted by atomic mass is 79.9. The number of nitrogens with zero attached hydrogens (tertiary/aromatic N) is 1. The zero-order chi connectivity index (χ0) is 13.3. The topological polar surface area (TPSA) is 44.4 Å². The van der Waals surface area contributed by atoms with E-state index in [-0.39, 0.29) is 5.97 Å². The summed E-state index contributed by atoms with van der Waals surface area (Å²) >= 11 is 3.47. The second-order valence-corrected chi connectivity index (χ2v) is 4.63. The van der Waals surface area contributed by atoms with Gasteiger partial charge in [-0.2, -0.15) is 0 Å². The van der Waals surface area contributed by atoms with Crippen LogP contribution >= 0.6 is 15.9 Å². The lowest BCUT2D eigenvalue weighted by atomic mass is 10.2. The molecule has 0 saturated carbocycles. The lowest BCUT2D eigenvalue weighted by Gasteiger charge is -2.06. The first-order valence-corrected chi connectivity index (χ1v) is 6.41. The van der Waals surface area contributed by atoms with Gasteiger partial charge in [0.25, 0.3) is 0 Å². The molecule has 4 nitrogen and oxygen atoms in total. The highest BCUT2D eigenvalue weighted by Gasteiger charge is 2.25. The Bertz CT molecular complexity index is 570. The summed E-state index contributed by atoms with van der Waals surface area (Å²) in [5.74, 6) is 0.376. The average Bonchev–Trinajstić information content (AvgIpc) is 2.95. The van der Waals surface area contributed by atoms with Crippen LogP contribution in [0, 0.1) is 6.92 Å². The fourth-order valence-corrected chi connectivity index (χ4v) is 2.95. The summed E-state index contributed by atoms with van der Waals surface area (Å²) in [6.45, 7) is 4.66. The van der Waals surface area contributed by atoms with E-state index in [9.17, 15) is 4.79 Å². The molecule has 0 aromatic carbocycles. The molecule has 0 radical (unpaired) electrons. The first-order chi connectivity index (χ1) is 8.61. The Morgan fingerprint density at radius 1 is 1.56 bits per heavy atom. The third-order valence-electron chi connectivity index (χ3n) is 2.92. The van der Waals surface area contributed by atoms with Crippen LogP contribution < -0.4 is 0 Å². The van der Waals surface area contributed by atoms with E-state index >= 15 is 0 Å². The monoisotopic (exact) mass is 311 g/mol. The van der Waals surface area contributed by atoms with Crippen molar-refractivity contribution in [2.24, 2.45) is 0 Å². The molecular formula is C13H14BrNO3. The quantitative estimate of drug-likeness (QED) is 0.813. The van der Waals surface area contributed by atoms with Crippen LogP contribution in [-0.2, 0) is 11.3 Å². The van der Waals surface area contributed by atoms with Crippen LogP contribution in [0.3, 0.4) is 0 Å². The summed E-state index contributed by atoms with van der Waals surface area (Å²) in [4.78, 5) is 11.8. The van der Waals surface area contributed by atoms with Gasteiger partial charge in [-0.15, -0.1) is 0 Å². The molecule has 0 fully saturated rings. The summed E-state index contributed by atoms with van der Waals surface area (Å²) in [6, 6.07) is 3.69. The van der Waals surface area contributed by atoms with Gasteiger partial charge in [-0.25, -0.2) is 4.79 Å². The lowest BCUT2D eigenvalue weighted by molar-refractivity contribution is 0.0599. The molecule has 18 heavy (non-hydrogen) atoms. The fourth-order valence-electron chi connectivity index (χ4n) is 2.09. The molecule has 2 heterocycles. The lowest BCUT2D eigenvalue weighted by Crippen LogP contribution is -2.05. The van der Waals surface area contributed by atoms with Gasteiger partial charge in [0.2, 0.25) is 0 Å². The Morgan fingerprint density at radius 2 is 2.28 bits per heavy atom. The molecule has 0 amide bonds. The van der Waals surface area contributed by atoms with Crippen LogP contribution in [0.25, 0.3) is 11.5 Å². The second kappa shape index (κ2) is 5.02. The van der Waals surface area contributed by atoms with Crippen molar-refractivity contribution in [1.82, 2.24) is 4.57 Å². The van der Waals surface area contributed by atoms with Crippen LogP contribution in [0.5, 0.6) is 0 Å². The molecule has 0 unspecified atom stereocenters. The van der Waals surface area contributed by atoms with Crippen LogP contribution in [0.2, 0.25) is 0 Å². The van der Waals surface area contributed by atoms with Crippen molar-refractivity contribution in [3.8, 4) is 11.5 Å². The number of aromatic nitrogens is 1. The van der Waals surface area contributed by atoms with Crippen molar-refractivity contribution in [3.63, 3.8) is 0 Å². The van der Waals surface area contributed by atoms with E-state index < -0.39 is 0 Å². The SMILES string of the molecule is CCn1c(C)c(C(=O)OC)c(Br)c1-c1ccco1. The van der Waals surface area contributed by atoms with Crippen molar-refractivity contribution in [1.29, 1.82) is 0 Å². The molecule has 0 spiro atoms. The van der Waals surface area contributed by atoms with Gasteiger partial charge >= 0.3 is 5.97 Å². The van der Waals surface area contributed by atoms with Crippen LogP contribution in [0.15, 0.2) is 27.3 Å². The van der Waals surface area contributed by atoms with Gasteiger partial charge in [0.15, 0.2) is 5.76 Å². The summed E-state index contributed by atoms with van der Waals surface area (Å²) in [6.07, 6.45) is 1.61. The highest BCUT2D eigenvalue weighted by Crippen LogP contribution is 2.36. The minimum absolute atomic E-state index is 0.348. The molecule has 0 aliphatic rings. The normalized spacial score (nSPS) is 10.7. The van der Waals surface area contributed by atoms with Gasteiger partial charge in [0.1, 0.15) is 0 Å². The molecule has 2 rings (SSSR count). The number of esters is 1. The number of halogens is 1. The Labute approximate surface area is 114 Å². The third kappa shape index (κ3) is 1.88. The molecule has 2 aromatic rings. The largest absolute Gasteiger partial charge is 0.465 e. The number of hydrogen-bond acceptors (Lipinski definition) is 3. The third-order valence-corrected chi connectivity index (χ3v) is 3.70. The van der Waals surface area contributed by atoms with Gasteiger partial charge < -0.3 is 13.7 Å². The standard InChI is InChI=1S/C13H14BrNO3/c1-4-15-8(2)10(13(16)17-3)11(14)12(15)9-6-5-7-18-9/h5-7H,4H2,1-3H3. The number of carbonyl (C=O) groups excluding carboxylic acids is 1. The number of rotatable bonds is 3. The molecule has 0 N–H and O–H groups in total. The highest BCUT2D eigenvalue weighted by molar-refractivity contribution is 9.10. The maximum absolute atomic E-state index is 11.8. The molecule has 0 atom stereocenters. The van der Waals surface area contributed by atoms with Crippen LogP contribution in [0.4, 0.5) is 0 Å². The van der Waals surface area contributed by atoms with Crippen LogP contribution in [-0.4, -0.2) is 17.6 Å². The minimum Gasteiger partial charge on any atom is -0.465 e. The Balaban J connectivity index is 2.70. The van der Waals surface area contributed by atoms with E-state index in [0.29, 0.717) is 10.0 Å². The van der Waals surface area contributed by atoms with Crippen molar-refractivity contribution in [3.05, 3.63) is 34.1 Å². The molecule has 2 aromatic heterocycles. The van der Waals surface area contributed by atoms with E-state index in [1.165, 1.54) is 7.11 Å². The van der Waals surface area contributed by atoms with Crippen molar-refractivity contribution >= 4 is 21.9 Å². The van der Waals surface area contributed by atoms with Crippen molar-refractivity contribution in [2.45, 2.75) is 20.4 Å². The van der Waals surface area contributed by atoms with Gasteiger partial charge in [0.05, 0.1) is 29.1 Å². The summed E-state index contributed by atoms with van der Waals surface area (Å²) in [5, 5.41) is 0. The average molecular weight is 312 g/mol. The molecule has 0 aliphatic carbocycles. The Hall–Kier alpha value is -1.49. The Kier molecular flexibility index (Phi) is 3.61.